The largest absolute Gasteiger partial charge is 0.378 e. The summed E-state index contributed by atoms with van der Waals surface area (Å²) in [4.78, 5) is 14.2. The van der Waals surface area contributed by atoms with Gasteiger partial charge in [0.05, 0.1) is 17.4 Å². The normalized spacial score (nSPS) is 12.3. The monoisotopic (exact) mass is 379 g/mol. The highest BCUT2D eigenvalue weighted by molar-refractivity contribution is 7.92. The Balaban J connectivity index is 1.97. The summed E-state index contributed by atoms with van der Waals surface area (Å²) in [6.45, 7) is 1.52. The second-order valence-corrected chi connectivity index (χ2v) is 7.99. The van der Waals surface area contributed by atoms with Crippen molar-refractivity contribution < 1.29 is 17.6 Å². The van der Waals surface area contributed by atoms with Crippen LogP contribution >= 0.6 is 0 Å². The first-order valence-electron chi connectivity index (χ1n) is 8.00. The Morgan fingerprint density at radius 3 is 2.35 bits per heavy atom. The lowest BCUT2D eigenvalue weighted by Gasteiger charge is -2.15. The molecule has 0 aromatic heterocycles. The van der Waals surface area contributed by atoms with Crippen LogP contribution in [0.3, 0.4) is 0 Å². The maximum Gasteiger partial charge on any atom is 0.233 e. The molecule has 1 amide bonds. The lowest BCUT2D eigenvalue weighted by Crippen LogP contribution is -2.29. The molecule has 8 heteroatoms. The molecule has 26 heavy (non-hydrogen) atoms. The van der Waals surface area contributed by atoms with E-state index in [0.717, 1.165) is 11.8 Å². The second-order valence-electron chi connectivity index (χ2n) is 6.23. The van der Waals surface area contributed by atoms with Crippen molar-refractivity contribution in [1.29, 1.82) is 0 Å². The standard InChI is InChI=1S/C18H22FN3O3S/c1-13(12-26(24,25)21-16-6-4-5-14(19)11-16)18(23)20-15-7-9-17(10-8-15)22(2)3/h4-11,13,21H,12H2,1-3H3,(H,20,23). The van der Waals surface area contributed by atoms with Crippen LogP contribution in [0.4, 0.5) is 21.5 Å². The van der Waals surface area contributed by atoms with E-state index >= 15 is 0 Å². The molecule has 0 fully saturated rings. The van der Waals surface area contributed by atoms with Crippen LogP contribution in [-0.2, 0) is 14.8 Å². The van der Waals surface area contributed by atoms with E-state index in [1.807, 2.05) is 31.1 Å². The van der Waals surface area contributed by atoms with Gasteiger partial charge in [0.25, 0.3) is 0 Å². The van der Waals surface area contributed by atoms with E-state index in [2.05, 4.69) is 10.0 Å². The second kappa shape index (κ2) is 8.18. The Morgan fingerprint density at radius 2 is 1.77 bits per heavy atom. The number of hydrogen-bond acceptors (Lipinski definition) is 4. The molecule has 2 aromatic carbocycles. The fourth-order valence-corrected chi connectivity index (χ4v) is 3.67. The fourth-order valence-electron chi connectivity index (χ4n) is 2.29. The summed E-state index contributed by atoms with van der Waals surface area (Å²) in [5.41, 5.74) is 1.69. The van der Waals surface area contributed by atoms with Gasteiger partial charge in [-0.1, -0.05) is 13.0 Å². The van der Waals surface area contributed by atoms with Crippen molar-refractivity contribution in [1.82, 2.24) is 0 Å². The zero-order chi connectivity index (χ0) is 19.3. The summed E-state index contributed by atoms with van der Waals surface area (Å²) >= 11 is 0. The molecular formula is C18H22FN3O3S. The molecule has 6 nitrogen and oxygen atoms in total. The number of nitrogens with one attached hydrogen (secondary N) is 2. The van der Waals surface area contributed by atoms with Crippen molar-refractivity contribution >= 4 is 33.0 Å². The predicted octanol–water partition coefficient (Wildman–Crippen LogP) is 2.91. The summed E-state index contributed by atoms with van der Waals surface area (Å²) in [6.07, 6.45) is 0. The molecule has 140 valence electrons. The molecule has 0 saturated carbocycles. The Morgan fingerprint density at radius 1 is 1.12 bits per heavy atom. The number of halogens is 1. The molecule has 1 unspecified atom stereocenters. The molecule has 0 aliphatic carbocycles. The number of rotatable bonds is 7. The highest BCUT2D eigenvalue weighted by Crippen LogP contribution is 2.17. The third kappa shape index (κ3) is 5.73. The molecule has 1 atom stereocenters. The van der Waals surface area contributed by atoms with E-state index in [0.29, 0.717) is 5.69 Å². The van der Waals surface area contributed by atoms with Crippen LogP contribution in [0.5, 0.6) is 0 Å². The number of sulfonamides is 1. The van der Waals surface area contributed by atoms with E-state index in [4.69, 9.17) is 0 Å². The Bertz CT molecular complexity index is 868. The molecule has 2 aromatic rings. The van der Waals surface area contributed by atoms with Gasteiger partial charge in [-0.15, -0.1) is 0 Å². The van der Waals surface area contributed by atoms with Crippen LogP contribution in [0.15, 0.2) is 48.5 Å². The lowest BCUT2D eigenvalue weighted by atomic mass is 10.2. The van der Waals surface area contributed by atoms with Gasteiger partial charge < -0.3 is 10.2 Å². The van der Waals surface area contributed by atoms with Crippen LogP contribution < -0.4 is 14.9 Å². The van der Waals surface area contributed by atoms with Gasteiger partial charge in [0.1, 0.15) is 5.82 Å². The van der Waals surface area contributed by atoms with Crippen LogP contribution in [-0.4, -0.2) is 34.2 Å². The van der Waals surface area contributed by atoms with Crippen molar-refractivity contribution in [2.45, 2.75) is 6.92 Å². The third-order valence-corrected chi connectivity index (χ3v) is 5.15. The van der Waals surface area contributed by atoms with E-state index < -0.39 is 33.4 Å². The number of nitrogens with zero attached hydrogens (tertiary/aromatic N) is 1. The molecule has 0 bridgehead atoms. The predicted molar refractivity (Wildman–Crippen MR) is 102 cm³/mol. The van der Waals surface area contributed by atoms with Crippen molar-refractivity contribution in [2.75, 3.05) is 34.8 Å². The highest BCUT2D eigenvalue weighted by atomic mass is 32.2. The van der Waals surface area contributed by atoms with E-state index in [-0.39, 0.29) is 5.69 Å². The summed E-state index contributed by atoms with van der Waals surface area (Å²) in [5.74, 6) is -2.15. The maximum absolute atomic E-state index is 13.2. The Labute approximate surface area is 153 Å². The Kier molecular flexibility index (Phi) is 6.20. The summed E-state index contributed by atoms with van der Waals surface area (Å²) in [6, 6.07) is 12.3. The Hall–Kier alpha value is -2.61. The quantitative estimate of drug-likeness (QED) is 0.775. The van der Waals surface area contributed by atoms with Crippen LogP contribution in [0.2, 0.25) is 0 Å². The molecule has 0 radical (unpaired) electrons. The van der Waals surface area contributed by atoms with Crippen molar-refractivity contribution in [3.63, 3.8) is 0 Å². The SMILES string of the molecule is CC(CS(=O)(=O)Nc1cccc(F)c1)C(=O)Nc1ccc(N(C)C)cc1. The molecule has 0 aliphatic heterocycles. The number of anilines is 3. The molecule has 0 saturated heterocycles. The lowest BCUT2D eigenvalue weighted by molar-refractivity contribution is -0.118. The number of carbonyl (C=O) groups is 1. The van der Waals surface area contributed by atoms with Gasteiger partial charge in [-0.2, -0.15) is 0 Å². The van der Waals surface area contributed by atoms with E-state index in [1.54, 1.807) is 12.1 Å². The first-order chi connectivity index (χ1) is 12.2. The minimum Gasteiger partial charge on any atom is -0.378 e. The van der Waals surface area contributed by atoms with E-state index in [9.17, 15) is 17.6 Å². The average Bonchev–Trinajstić information content (AvgIpc) is 2.54. The van der Waals surface area contributed by atoms with Crippen molar-refractivity contribution in [2.24, 2.45) is 5.92 Å². The van der Waals surface area contributed by atoms with Gasteiger partial charge in [-0.05, 0) is 42.5 Å². The van der Waals surface area contributed by atoms with Crippen molar-refractivity contribution in [3.8, 4) is 0 Å². The zero-order valence-electron chi connectivity index (χ0n) is 14.9. The van der Waals surface area contributed by atoms with Crippen LogP contribution in [0.25, 0.3) is 0 Å². The van der Waals surface area contributed by atoms with Crippen LogP contribution in [0, 0.1) is 11.7 Å². The third-order valence-electron chi connectivity index (χ3n) is 3.67. The van der Waals surface area contributed by atoms with Gasteiger partial charge in [0, 0.05) is 25.5 Å². The average molecular weight is 379 g/mol. The smallest absolute Gasteiger partial charge is 0.233 e. The van der Waals surface area contributed by atoms with Crippen LogP contribution in [0.1, 0.15) is 6.92 Å². The van der Waals surface area contributed by atoms with Gasteiger partial charge in [-0.25, -0.2) is 12.8 Å². The summed E-state index contributed by atoms with van der Waals surface area (Å²) in [5, 5.41) is 2.69. The zero-order valence-corrected chi connectivity index (χ0v) is 15.7. The fraction of sp³-hybridized carbons (Fsp3) is 0.278. The summed E-state index contributed by atoms with van der Waals surface area (Å²) in [7, 11) is 0.0277. The molecule has 0 spiro atoms. The van der Waals surface area contributed by atoms with Gasteiger partial charge in [0.2, 0.25) is 15.9 Å². The molecule has 2 rings (SSSR count). The van der Waals surface area contributed by atoms with E-state index in [1.165, 1.54) is 25.1 Å². The number of carbonyl (C=O) groups excluding carboxylic acids is 1. The first kappa shape index (κ1) is 19.7. The molecule has 0 aliphatic rings. The number of hydrogen-bond donors (Lipinski definition) is 2. The molecular weight excluding hydrogens is 357 g/mol. The number of amides is 1. The van der Waals surface area contributed by atoms with Gasteiger partial charge in [-0.3, -0.25) is 9.52 Å². The number of benzene rings is 2. The van der Waals surface area contributed by atoms with Gasteiger partial charge >= 0.3 is 0 Å². The van der Waals surface area contributed by atoms with Gasteiger partial charge in [0.15, 0.2) is 0 Å². The van der Waals surface area contributed by atoms with Crippen molar-refractivity contribution in [3.05, 3.63) is 54.3 Å². The topological polar surface area (TPSA) is 78.5 Å². The highest BCUT2D eigenvalue weighted by Gasteiger charge is 2.22. The first-order valence-corrected chi connectivity index (χ1v) is 9.66. The summed E-state index contributed by atoms with van der Waals surface area (Å²) < 4.78 is 39.8. The minimum atomic E-state index is -3.79. The molecule has 2 N–H and O–H groups in total. The maximum atomic E-state index is 13.2. The molecule has 0 heterocycles. The minimum absolute atomic E-state index is 0.122.